The summed E-state index contributed by atoms with van der Waals surface area (Å²) in [4.78, 5) is 12.3. The van der Waals surface area contributed by atoms with E-state index in [1.807, 2.05) is 4.90 Å². The molecule has 0 aromatic rings. The highest BCUT2D eigenvalue weighted by Gasteiger charge is 2.12. The van der Waals surface area contributed by atoms with E-state index in [2.05, 4.69) is 6.58 Å². The Morgan fingerprint density at radius 3 is 3.00 bits per heavy atom. The Labute approximate surface area is 53.9 Å². The largest absolute Gasteiger partial charge is 0.444 e. The minimum atomic E-state index is -0.117. The maximum atomic E-state index is 10.4. The fourth-order valence-electron chi connectivity index (χ4n) is 0.671. The van der Waals surface area contributed by atoms with E-state index < -0.39 is 0 Å². The third kappa shape index (κ3) is 1.45. The van der Waals surface area contributed by atoms with Gasteiger partial charge < -0.3 is 9.64 Å². The molecule has 0 amide bonds. The lowest BCUT2D eigenvalue weighted by atomic mass is 10.4. The van der Waals surface area contributed by atoms with Gasteiger partial charge in [-0.25, -0.2) is 0 Å². The van der Waals surface area contributed by atoms with Gasteiger partial charge >= 0.3 is 5.97 Å². The van der Waals surface area contributed by atoms with Crippen molar-refractivity contribution in [2.45, 2.75) is 6.42 Å². The number of hydrogen-bond acceptors (Lipinski definition) is 3. The van der Waals surface area contributed by atoms with Gasteiger partial charge in [0.05, 0.1) is 6.42 Å². The summed E-state index contributed by atoms with van der Waals surface area (Å²) in [5.74, 6) is -0.117. The van der Waals surface area contributed by atoms with Gasteiger partial charge in [-0.2, -0.15) is 0 Å². The van der Waals surface area contributed by atoms with Gasteiger partial charge in [0.1, 0.15) is 0 Å². The second kappa shape index (κ2) is 2.53. The number of cyclic esters (lactones) is 1. The van der Waals surface area contributed by atoms with Crippen LogP contribution in [0.3, 0.4) is 0 Å². The summed E-state index contributed by atoms with van der Waals surface area (Å²) in [6.45, 7) is 4.65. The zero-order valence-electron chi connectivity index (χ0n) is 5.17. The predicted octanol–water partition coefficient (Wildman–Crippen LogP) is 0.336. The van der Waals surface area contributed by atoms with E-state index >= 15 is 0 Å². The van der Waals surface area contributed by atoms with Crippen LogP contribution in [0, 0.1) is 0 Å². The van der Waals surface area contributed by atoms with Gasteiger partial charge in [-0.05, 0) is 6.20 Å². The molecule has 50 valence electrons. The highest BCUT2D eigenvalue weighted by molar-refractivity contribution is 5.70. The van der Waals surface area contributed by atoms with Gasteiger partial charge in [0.15, 0.2) is 6.73 Å². The van der Waals surface area contributed by atoms with E-state index in [-0.39, 0.29) is 5.97 Å². The van der Waals surface area contributed by atoms with Crippen LogP contribution in [0.25, 0.3) is 0 Å². The average molecular weight is 127 g/mol. The standard InChI is InChI=1S/C6H9NO2/c1-2-7-4-3-6(8)9-5-7/h2H,1,3-5H2. The van der Waals surface area contributed by atoms with Crippen LogP contribution in [0.4, 0.5) is 0 Å². The quantitative estimate of drug-likeness (QED) is 0.475. The van der Waals surface area contributed by atoms with E-state index in [1.54, 1.807) is 6.20 Å². The van der Waals surface area contributed by atoms with Crippen molar-refractivity contribution in [2.24, 2.45) is 0 Å². The van der Waals surface area contributed by atoms with Crippen molar-refractivity contribution in [3.63, 3.8) is 0 Å². The third-order valence-electron chi connectivity index (χ3n) is 1.25. The molecule has 3 nitrogen and oxygen atoms in total. The Hall–Kier alpha value is -0.990. The van der Waals surface area contributed by atoms with Crippen LogP contribution in [-0.2, 0) is 9.53 Å². The lowest BCUT2D eigenvalue weighted by Crippen LogP contribution is -2.31. The molecule has 0 aliphatic carbocycles. The molecule has 0 bridgehead atoms. The molecular weight excluding hydrogens is 118 g/mol. The first-order valence-corrected chi connectivity index (χ1v) is 2.85. The summed E-state index contributed by atoms with van der Waals surface area (Å²) in [6.07, 6.45) is 2.15. The molecule has 9 heavy (non-hydrogen) atoms. The predicted molar refractivity (Wildman–Crippen MR) is 32.5 cm³/mol. The minimum Gasteiger partial charge on any atom is -0.444 e. The van der Waals surface area contributed by atoms with Crippen molar-refractivity contribution < 1.29 is 9.53 Å². The highest BCUT2D eigenvalue weighted by atomic mass is 16.5. The molecular formula is C6H9NO2. The number of nitrogens with zero attached hydrogens (tertiary/aromatic N) is 1. The van der Waals surface area contributed by atoms with Crippen molar-refractivity contribution in [3.8, 4) is 0 Å². The molecule has 1 aliphatic rings. The van der Waals surface area contributed by atoms with E-state index in [0.29, 0.717) is 13.2 Å². The normalized spacial score (nSPS) is 19.1. The summed E-state index contributed by atoms with van der Waals surface area (Å²) in [5, 5.41) is 0. The monoisotopic (exact) mass is 127 g/mol. The molecule has 0 radical (unpaired) electrons. The van der Waals surface area contributed by atoms with E-state index in [4.69, 9.17) is 4.74 Å². The summed E-state index contributed by atoms with van der Waals surface area (Å²) in [6, 6.07) is 0. The molecule has 0 saturated carbocycles. The SMILES string of the molecule is C=CN1CCC(=O)OC1. The molecule has 0 aromatic heterocycles. The van der Waals surface area contributed by atoms with Gasteiger partial charge in [-0.3, -0.25) is 4.79 Å². The van der Waals surface area contributed by atoms with E-state index in [9.17, 15) is 4.79 Å². The fraction of sp³-hybridized carbons (Fsp3) is 0.500. The van der Waals surface area contributed by atoms with Gasteiger partial charge in [0, 0.05) is 6.54 Å². The minimum absolute atomic E-state index is 0.117. The Bertz CT molecular complexity index is 123. The van der Waals surface area contributed by atoms with Crippen molar-refractivity contribution in [3.05, 3.63) is 12.8 Å². The van der Waals surface area contributed by atoms with Crippen LogP contribution in [0.15, 0.2) is 12.8 Å². The molecule has 0 N–H and O–H groups in total. The zero-order chi connectivity index (χ0) is 6.69. The molecule has 0 unspecified atom stereocenters. The maximum Gasteiger partial charge on any atom is 0.309 e. The number of hydrogen-bond donors (Lipinski definition) is 0. The van der Waals surface area contributed by atoms with E-state index in [1.165, 1.54) is 0 Å². The second-order valence-corrected chi connectivity index (χ2v) is 1.89. The van der Waals surface area contributed by atoms with E-state index in [0.717, 1.165) is 6.54 Å². The number of carbonyl (C=O) groups is 1. The van der Waals surface area contributed by atoms with Gasteiger partial charge in [0.2, 0.25) is 0 Å². The smallest absolute Gasteiger partial charge is 0.309 e. The number of carbonyl (C=O) groups excluding carboxylic acids is 1. The first-order valence-electron chi connectivity index (χ1n) is 2.85. The Morgan fingerprint density at radius 2 is 2.56 bits per heavy atom. The van der Waals surface area contributed by atoms with Crippen molar-refractivity contribution in [1.82, 2.24) is 4.90 Å². The van der Waals surface area contributed by atoms with Crippen molar-refractivity contribution in [1.29, 1.82) is 0 Å². The molecule has 1 rings (SSSR count). The third-order valence-corrected chi connectivity index (χ3v) is 1.25. The van der Waals surface area contributed by atoms with Crippen molar-refractivity contribution >= 4 is 5.97 Å². The Morgan fingerprint density at radius 1 is 1.78 bits per heavy atom. The lowest BCUT2D eigenvalue weighted by Gasteiger charge is -2.23. The van der Waals surface area contributed by atoms with Crippen LogP contribution >= 0.6 is 0 Å². The van der Waals surface area contributed by atoms with Crippen LogP contribution in [-0.4, -0.2) is 24.1 Å². The maximum absolute atomic E-state index is 10.4. The van der Waals surface area contributed by atoms with Gasteiger partial charge in [-0.1, -0.05) is 6.58 Å². The first-order chi connectivity index (χ1) is 4.33. The molecule has 1 heterocycles. The van der Waals surface area contributed by atoms with Crippen LogP contribution in [0.2, 0.25) is 0 Å². The summed E-state index contributed by atoms with van der Waals surface area (Å²) < 4.78 is 4.70. The number of esters is 1. The Balaban J connectivity index is 2.34. The Kier molecular flexibility index (Phi) is 1.72. The zero-order valence-corrected chi connectivity index (χ0v) is 5.17. The summed E-state index contributed by atoms with van der Waals surface area (Å²) in [5.41, 5.74) is 0. The lowest BCUT2D eigenvalue weighted by molar-refractivity contribution is -0.152. The molecule has 1 fully saturated rings. The topological polar surface area (TPSA) is 29.5 Å². The second-order valence-electron chi connectivity index (χ2n) is 1.89. The summed E-state index contributed by atoms with van der Waals surface area (Å²) >= 11 is 0. The fourth-order valence-corrected chi connectivity index (χ4v) is 0.671. The molecule has 0 spiro atoms. The number of ether oxygens (including phenoxy) is 1. The molecule has 0 aromatic carbocycles. The molecule has 0 atom stereocenters. The van der Waals surface area contributed by atoms with Gasteiger partial charge in [-0.15, -0.1) is 0 Å². The number of rotatable bonds is 1. The molecule has 3 heteroatoms. The van der Waals surface area contributed by atoms with Crippen LogP contribution < -0.4 is 0 Å². The van der Waals surface area contributed by atoms with Crippen LogP contribution in [0.5, 0.6) is 0 Å². The first kappa shape index (κ1) is 6.13. The van der Waals surface area contributed by atoms with Crippen molar-refractivity contribution in [2.75, 3.05) is 13.3 Å². The highest BCUT2D eigenvalue weighted by Crippen LogP contribution is 2.01. The molecule has 1 saturated heterocycles. The van der Waals surface area contributed by atoms with Crippen LogP contribution in [0.1, 0.15) is 6.42 Å². The molecule has 1 aliphatic heterocycles. The average Bonchev–Trinajstić information content (AvgIpc) is 1.90. The summed E-state index contributed by atoms with van der Waals surface area (Å²) in [7, 11) is 0. The van der Waals surface area contributed by atoms with Gasteiger partial charge in [0.25, 0.3) is 0 Å².